The monoisotopic (exact) mass is 339 g/mol. The van der Waals surface area contributed by atoms with Crippen molar-refractivity contribution in [3.8, 4) is 0 Å². The topological polar surface area (TPSA) is 88.2 Å². The maximum Gasteiger partial charge on any atom is 0.242 e. The van der Waals surface area contributed by atoms with Gasteiger partial charge in [0, 0.05) is 19.2 Å². The van der Waals surface area contributed by atoms with E-state index in [4.69, 9.17) is 11.6 Å². The zero-order chi connectivity index (χ0) is 16.0. The standard InChI is InChI=1S/C14H14ClN3O3S/c15-11-5-1-2-6-12(11)22(20,21)17-10-8-14(19)18-13-7-3-4-9-16-13/h1-7,9,17H,8,10H2,(H,16,18,19). The van der Waals surface area contributed by atoms with Crippen LogP contribution in [0.1, 0.15) is 6.42 Å². The number of aromatic nitrogens is 1. The van der Waals surface area contributed by atoms with Crippen LogP contribution in [0.15, 0.2) is 53.6 Å². The maximum atomic E-state index is 12.1. The summed E-state index contributed by atoms with van der Waals surface area (Å²) in [4.78, 5) is 15.6. The number of nitrogens with zero attached hydrogens (tertiary/aromatic N) is 1. The van der Waals surface area contributed by atoms with Crippen LogP contribution in [-0.2, 0) is 14.8 Å². The molecule has 2 rings (SSSR count). The van der Waals surface area contributed by atoms with E-state index in [9.17, 15) is 13.2 Å². The van der Waals surface area contributed by atoms with Crippen molar-refractivity contribution in [2.45, 2.75) is 11.3 Å². The highest BCUT2D eigenvalue weighted by Gasteiger charge is 2.17. The average Bonchev–Trinajstić information content (AvgIpc) is 2.48. The summed E-state index contributed by atoms with van der Waals surface area (Å²) < 4.78 is 26.4. The molecule has 0 aliphatic heterocycles. The maximum absolute atomic E-state index is 12.1. The molecule has 6 nitrogen and oxygen atoms in total. The Kier molecular flexibility index (Phi) is 5.48. The van der Waals surface area contributed by atoms with Crippen molar-refractivity contribution in [3.05, 3.63) is 53.7 Å². The lowest BCUT2D eigenvalue weighted by atomic mass is 10.4. The third-order valence-electron chi connectivity index (χ3n) is 2.70. The van der Waals surface area contributed by atoms with Crippen molar-refractivity contribution in [1.29, 1.82) is 0 Å². The third kappa shape index (κ3) is 4.52. The van der Waals surface area contributed by atoms with Gasteiger partial charge in [0.25, 0.3) is 0 Å². The minimum absolute atomic E-state index is 0.0122. The van der Waals surface area contributed by atoms with Crippen LogP contribution in [0.25, 0.3) is 0 Å². The van der Waals surface area contributed by atoms with E-state index in [-0.39, 0.29) is 28.8 Å². The fourth-order valence-corrected chi connectivity index (χ4v) is 3.23. The molecule has 116 valence electrons. The number of hydrogen-bond donors (Lipinski definition) is 2. The summed E-state index contributed by atoms with van der Waals surface area (Å²) >= 11 is 5.85. The van der Waals surface area contributed by atoms with Gasteiger partial charge in [-0.2, -0.15) is 0 Å². The fourth-order valence-electron chi connectivity index (χ4n) is 1.68. The van der Waals surface area contributed by atoms with Crippen molar-refractivity contribution < 1.29 is 13.2 Å². The molecular formula is C14H14ClN3O3S. The van der Waals surface area contributed by atoms with E-state index in [0.29, 0.717) is 5.82 Å². The van der Waals surface area contributed by atoms with Gasteiger partial charge in [-0.1, -0.05) is 29.8 Å². The smallest absolute Gasteiger partial charge is 0.242 e. The second-order valence-corrected chi connectivity index (χ2v) is 6.48. The number of carbonyl (C=O) groups excluding carboxylic acids is 1. The van der Waals surface area contributed by atoms with E-state index >= 15 is 0 Å². The summed E-state index contributed by atoms with van der Waals surface area (Å²) in [5.74, 6) is 0.0852. The van der Waals surface area contributed by atoms with Crippen LogP contribution in [0.2, 0.25) is 5.02 Å². The van der Waals surface area contributed by atoms with Gasteiger partial charge in [-0.15, -0.1) is 0 Å². The Bertz CT molecular complexity index is 751. The Morgan fingerprint density at radius 3 is 2.55 bits per heavy atom. The molecule has 22 heavy (non-hydrogen) atoms. The Labute approximate surface area is 133 Å². The van der Waals surface area contributed by atoms with Crippen molar-refractivity contribution >= 4 is 33.3 Å². The summed E-state index contributed by atoms with van der Waals surface area (Å²) in [7, 11) is -3.74. The van der Waals surface area contributed by atoms with Crippen LogP contribution in [0.5, 0.6) is 0 Å². The predicted molar refractivity (Wildman–Crippen MR) is 84.1 cm³/mol. The Balaban J connectivity index is 1.88. The Morgan fingerprint density at radius 2 is 1.86 bits per heavy atom. The van der Waals surface area contributed by atoms with E-state index in [1.165, 1.54) is 12.1 Å². The van der Waals surface area contributed by atoms with Crippen molar-refractivity contribution in [2.75, 3.05) is 11.9 Å². The highest BCUT2D eigenvalue weighted by atomic mass is 35.5. The lowest BCUT2D eigenvalue weighted by Crippen LogP contribution is -2.28. The molecule has 0 aliphatic carbocycles. The molecule has 1 aromatic heterocycles. The number of amides is 1. The summed E-state index contributed by atoms with van der Waals surface area (Å²) in [6, 6.07) is 11.2. The summed E-state index contributed by atoms with van der Waals surface area (Å²) in [5.41, 5.74) is 0. The number of rotatable bonds is 6. The highest BCUT2D eigenvalue weighted by Crippen LogP contribution is 2.19. The first-order valence-corrected chi connectivity index (χ1v) is 8.30. The van der Waals surface area contributed by atoms with Gasteiger partial charge < -0.3 is 5.32 Å². The van der Waals surface area contributed by atoms with Gasteiger partial charge in [-0.05, 0) is 24.3 Å². The number of hydrogen-bond acceptors (Lipinski definition) is 4. The molecule has 2 N–H and O–H groups in total. The lowest BCUT2D eigenvalue weighted by Gasteiger charge is -2.08. The normalized spacial score (nSPS) is 11.1. The molecule has 0 saturated carbocycles. The van der Waals surface area contributed by atoms with E-state index in [0.717, 1.165) is 0 Å². The van der Waals surface area contributed by atoms with E-state index in [2.05, 4.69) is 15.0 Å². The molecule has 0 unspecified atom stereocenters. The highest BCUT2D eigenvalue weighted by molar-refractivity contribution is 7.89. The molecular weight excluding hydrogens is 326 g/mol. The van der Waals surface area contributed by atoms with Crippen molar-refractivity contribution in [1.82, 2.24) is 9.71 Å². The first-order chi connectivity index (χ1) is 10.5. The van der Waals surface area contributed by atoms with Gasteiger partial charge in [0.1, 0.15) is 10.7 Å². The van der Waals surface area contributed by atoms with Crippen LogP contribution >= 0.6 is 11.6 Å². The second-order valence-electron chi connectivity index (χ2n) is 4.34. The minimum Gasteiger partial charge on any atom is -0.311 e. The fraction of sp³-hybridized carbons (Fsp3) is 0.143. The van der Waals surface area contributed by atoms with Gasteiger partial charge >= 0.3 is 0 Å². The number of sulfonamides is 1. The zero-order valence-electron chi connectivity index (χ0n) is 11.5. The number of pyridine rings is 1. The molecule has 0 fully saturated rings. The van der Waals surface area contributed by atoms with Gasteiger partial charge in [-0.25, -0.2) is 18.1 Å². The molecule has 0 saturated heterocycles. The van der Waals surface area contributed by atoms with Gasteiger partial charge in [0.15, 0.2) is 0 Å². The summed E-state index contributed by atoms with van der Waals surface area (Å²) in [6.45, 7) is -0.0355. The number of benzene rings is 1. The number of carbonyl (C=O) groups is 1. The van der Waals surface area contributed by atoms with Crippen molar-refractivity contribution in [3.63, 3.8) is 0 Å². The largest absolute Gasteiger partial charge is 0.311 e. The molecule has 0 spiro atoms. The molecule has 1 amide bonds. The second kappa shape index (κ2) is 7.35. The predicted octanol–water partition coefficient (Wildman–Crippen LogP) is 2.04. The number of nitrogens with one attached hydrogen (secondary N) is 2. The van der Waals surface area contributed by atoms with Gasteiger partial charge in [-0.3, -0.25) is 4.79 Å². The van der Waals surface area contributed by atoms with Crippen LogP contribution in [-0.4, -0.2) is 25.9 Å². The van der Waals surface area contributed by atoms with E-state index in [1.54, 1.807) is 36.5 Å². The first-order valence-electron chi connectivity index (χ1n) is 6.44. The van der Waals surface area contributed by atoms with E-state index in [1.807, 2.05) is 0 Å². The zero-order valence-corrected chi connectivity index (χ0v) is 13.1. The van der Waals surface area contributed by atoms with Crippen molar-refractivity contribution in [2.24, 2.45) is 0 Å². The van der Waals surface area contributed by atoms with Crippen LogP contribution in [0.3, 0.4) is 0 Å². The van der Waals surface area contributed by atoms with Crippen LogP contribution in [0, 0.1) is 0 Å². The van der Waals surface area contributed by atoms with E-state index < -0.39 is 10.0 Å². The summed E-state index contributed by atoms with van der Waals surface area (Å²) in [5, 5.41) is 2.70. The van der Waals surface area contributed by atoms with Gasteiger partial charge in [0.05, 0.1) is 5.02 Å². The number of anilines is 1. The average molecular weight is 340 g/mol. The van der Waals surface area contributed by atoms with Crippen LogP contribution < -0.4 is 10.0 Å². The Hall–Kier alpha value is -1.96. The molecule has 0 radical (unpaired) electrons. The van der Waals surface area contributed by atoms with Gasteiger partial charge in [0.2, 0.25) is 15.9 Å². The molecule has 0 bridgehead atoms. The quantitative estimate of drug-likeness (QED) is 0.843. The lowest BCUT2D eigenvalue weighted by molar-refractivity contribution is -0.116. The summed E-state index contributed by atoms with van der Waals surface area (Å²) in [6.07, 6.45) is 1.54. The molecule has 8 heteroatoms. The van der Waals surface area contributed by atoms with Crippen LogP contribution in [0.4, 0.5) is 5.82 Å². The molecule has 0 atom stereocenters. The molecule has 2 aromatic rings. The molecule has 1 heterocycles. The SMILES string of the molecule is O=C(CCNS(=O)(=O)c1ccccc1Cl)Nc1ccccn1. The Morgan fingerprint density at radius 1 is 1.14 bits per heavy atom. The number of halogens is 1. The first kappa shape index (κ1) is 16.4. The molecule has 0 aliphatic rings. The third-order valence-corrected chi connectivity index (χ3v) is 4.66. The molecule has 1 aromatic carbocycles. The minimum atomic E-state index is -3.74.